The Morgan fingerprint density at radius 3 is 2.86 bits per heavy atom. The molecule has 1 aromatic carbocycles. The van der Waals surface area contributed by atoms with Crippen molar-refractivity contribution in [3.05, 3.63) is 28.6 Å². The highest BCUT2D eigenvalue weighted by Gasteiger charge is 2.09. The number of hydrogen-bond acceptors (Lipinski definition) is 3. The van der Waals surface area contributed by atoms with Crippen molar-refractivity contribution in [3.63, 3.8) is 0 Å². The number of rotatable bonds is 2. The van der Waals surface area contributed by atoms with Gasteiger partial charge in [-0.15, -0.1) is 23.1 Å². The number of aliphatic hydroxyl groups is 1. The number of aryl methyl sites for hydroxylation is 1. The van der Waals surface area contributed by atoms with Gasteiger partial charge in [0.25, 0.3) is 0 Å². The molecule has 1 aromatic heterocycles. The van der Waals surface area contributed by atoms with Gasteiger partial charge in [-0.05, 0) is 30.4 Å². The van der Waals surface area contributed by atoms with Gasteiger partial charge in [0, 0.05) is 20.4 Å². The van der Waals surface area contributed by atoms with Crippen molar-refractivity contribution in [2.75, 3.05) is 6.26 Å². The van der Waals surface area contributed by atoms with E-state index in [2.05, 4.69) is 23.8 Å². The minimum atomic E-state index is 0.132. The minimum absolute atomic E-state index is 0.132. The van der Waals surface area contributed by atoms with E-state index in [4.69, 9.17) is 0 Å². The fraction of sp³-hybridized carbons (Fsp3) is 0.273. The van der Waals surface area contributed by atoms with Gasteiger partial charge in [-0.2, -0.15) is 0 Å². The molecule has 0 amide bonds. The highest BCUT2D eigenvalue weighted by molar-refractivity contribution is 7.99. The Bertz CT molecular complexity index is 460. The average molecular weight is 224 g/mol. The fourth-order valence-electron chi connectivity index (χ4n) is 1.63. The van der Waals surface area contributed by atoms with Gasteiger partial charge in [0.1, 0.15) is 0 Å². The maximum Gasteiger partial charge on any atom is 0.0691 e. The summed E-state index contributed by atoms with van der Waals surface area (Å²) in [6, 6.07) is 4.21. The molecule has 14 heavy (non-hydrogen) atoms. The second-order valence-corrected chi connectivity index (χ2v) is 4.96. The number of fused-ring (bicyclic) bond motifs is 1. The molecule has 0 aliphatic heterocycles. The number of thiophene rings is 1. The van der Waals surface area contributed by atoms with Crippen LogP contribution in [0.5, 0.6) is 0 Å². The van der Waals surface area contributed by atoms with Crippen molar-refractivity contribution < 1.29 is 5.11 Å². The summed E-state index contributed by atoms with van der Waals surface area (Å²) in [7, 11) is 0. The van der Waals surface area contributed by atoms with Crippen molar-refractivity contribution in [1.82, 2.24) is 0 Å². The van der Waals surface area contributed by atoms with Crippen molar-refractivity contribution in [2.45, 2.75) is 18.4 Å². The van der Waals surface area contributed by atoms with Crippen LogP contribution >= 0.6 is 23.1 Å². The third-order valence-electron chi connectivity index (χ3n) is 2.43. The Hall–Kier alpha value is -0.510. The Morgan fingerprint density at radius 2 is 2.21 bits per heavy atom. The number of hydrogen-bond donors (Lipinski definition) is 1. The van der Waals surface area contributed by atoms with E-state index in [-0.39, 0.29) is 6.61 Å². The first-order valence-corrected chi connectivity index (χ1v) is 6.53. The van der Waals surface area contributed by atoms with Crippen LogP contribution < -0.4 is 0 Å². The third-order valence-corrected chi connectivity index (χ3v) is 4.28. The quantitative estimate of drug-likeness (QED) is 0.789. The van der Waals surface area contributed by atoms with Crippen LogP contribution in [0.25, 0.3) is 10.1 Å². The van der Waals surface area contributed by atoms with Crippen molar-refractivity contribution >= 4 is 33.2 Å². The molecule has 3 heteroatoms. The standard InChI is InChI=1S/C11H12OS2/c1-7-3-4-9-11(8(7)5-12)10(13-2)6-14-9/h3-4,6,12H,5H2,1-2H3. The lowest BCUT2D eigenvalue weighted by Crippen LogP contribution is -1.89. The topological polar surface area (TPSA) is 20.2 Å². The molecular weight excluding hydrogens is 212 g/mol. The number of thioether (sulfide) groups is 1. The van der Waals surface area contributed by atoms with Gasteiger partial charge in [0.2, 0.25) is 0 Å². The maximum atomic E-state index is 9.35. The molecule has 1 N–H and O–H groups in total. The van der Waals surface area contributed by atoms with Crippen molar-refractivity contribution in [3.8, 4) is 0 Å². The molecule has 0 aliphatic carbocycles. The molecule has 0 fully saturated rings. The Labute approximate surface area is 91.8 Å². The molecule has 0 spiro atoms. The molecule has 2 rings (SSSR count). The van der Waals surface area contributed by atoms with Crippen molar-refractivity contribution in [2.24, 2.45) is 0 Å². The SMILES string of the molecule is CSc1csc2ccc(C)c(CO)c12. The zero-order chi connectivity index (χ0) is 10.1. The summed E-state index contributed by atoms with van der Waals surface area (Å²) >= 11 is 3.49. The maximum absolute atomic E-state index is 9.35. The first kappa shape index (κ1) is 10.0. The summed E-state index contributed by atoms with van der Waals surface area (Å²) in [4.78, 5) is 1.28. The van der Waals surface area contributed by atoms with Crippen LogP contribution in [0.4, 0.5) is 0 Å². The van der Waals surface area contributed by atoms with Crippen LogP contribution in [-0.2, 0) is 6.61 Å². The van der Waals surface area contributed by atoms with Crippen LogP contribution in [-0.4, -0.2) is 11.4 Å². The summed E-state index contributed by atoms with van der Waals surface area (Å²) in [5, 5.41) is 12.8. The van der Waals surface area contributed by atoms with E-state index < -0.39 is 0 Å². The summed E-state index contributed by atoms with van der Waals surface area (Å²) < 4.78 is 1.27. The highest BCUT2D eigenvalue weighted by atomic mass is 32.2. The van der Waals surface area contributed by atoms with E-state index in [0.29, 0.717) is 0 Å². The molecule has 2 aromatic rings. The lowest BCUT2D eigenvalue weighted by Gasteiger charge is -2.05. The largest absolute Gasteiger partial charge is 0.392 e. The van der Waals surface area contributed by atoms with Gasteiger partial charge in [0.05, 0.1) is 6.61 Å². The lowest BCUT2D eigenvalue weighted by atomic mass is 10.1. The smallest absolute Gasteiger partial charge is 0.0691 e. The first-order valence-electron chi connectivity index (χ1n) is 4.42. The van der Waals surface area contributed by atoms with E-state index in [1.807, 2.05) is 6.92 Å². The molecule has 1 nitrogen and oxygen atoms in total. The van der Waals surface area contributed by atoms with E-state index in [1.165, 1.54) is 20.5 Å². The van der Waals surface area contributed by atoms with E-state index in [1.54, 1.807) is 23.1 Å². The van der Waals surface area contributed by atoms with Gasteiger partial charge in [0.15, 0.2) is 0 Å². The van der Waals surface area contributed by atoms with E-state index in [0.717, 1.165) is 5.56 Å². The summed E-state index contributed by atoms with van der Waals surface area (Å²) in [6.45, 7) is 2.18. The van der Waals surface area contributed by atoms with E-state index >= 15 is 0 Å². The lowest BCUT2D eigenvalue weighted by molar-refractivity contribution is 0.282. The Kier molecular flexibility index (Phi) is 2.81. The van der Waals surface area contributed by atoms with Crippen molar-refractivity contribution in [1.29, 1.82) is 0 Å². The number of aliphatic hydroxyl groups excluding tert-OH is 1. The molecule has 0 saturated heterocycles. The molecule has 0 atom stereocenters. The minimum Gasteiger partial charge on any atom is -0.392 e. The monoisotopic (exact) mass is 224 g/mol. The van der Waals surface area contributed by atoms with Gasteiger partial charge in [-0.3, -0.25) is 0 Å². The molecular formula is C11H12OS2. The highest BCUT2D eigenvalue weighted by Crippen LogP contribution is 2.35. The van der Waals surface area contributed by atoms with Crippen LogP contribution in [0, 0.1) is 6.92 Å². The zero-order valence-corrected chi connectivity index (χ0v) is 9.84. The third kappa shape index (κ3) is 1.45. The second-order valence-electron chi connectivity index (χ2n) is 3.20. The average Bonchev–Trinajstić information content (AvgIpc) is 2.61. The summed E-state index contributed by atoms with van der Waals surface area (Å²) in [5.74, 6) is 0. The normalized spacial score (nSPS) is 11.1. The molecule has 0 radical (unpaired) electrons. The molecule has 1 heterocycles. The van der Waals surface area contributed by atoms with Crippen LogP contribution in [0.15, 0.2) is 22.4 Å². The van der Waals surface area contributed by atoms with Crippen LogP contribution in [0.1, 0.15) is 11.1 Å². The molecule has 0 aliphatic rings. The van der Waals surface area contributed by atoms with Gasteiger partial charge in [-0.25, -0.2) is 0 Å². The summed E-state index contributed by atoms with van der Waals surface area (Å²) in [6.07, 6.45) is 2.07. The predicted octanol–water partition coefficient (Wildman–Crippen LogP) is 3.42. The molecule has 0 unspecified atom stereocenters. The fourth-order valence-corrected chi connectivity index (χ4v) is 3.51. The first-order chi connectivity index (χ1) is 6.77. The van der Waals surface area contributed by atoms with Gasteiger partial charge < -0.3 is 5.11 Å². The van der Waals surface area contributed by atoms with Gasteiger partial charge in [-0.1, -0.05) is 6.07 Å². The zero-order valence-electron chi connectivity index (χ0n) is 8.20. The number of benzene rings is 1. The summed E-state index contributed by atoms with van der Waals surface area (Å²) in [5.41, 5.74) is 2.25. The second kappa shape index (κ2) is 3.93. The Morgan fingerprint density at radius 1 is 1.43 bits per heavy atom. The molecule has 0 saturated carbocycles. The molecule has 0 bridgehead atoms. The van der Waals surface area contributed by atoms with Gasteiger partial charge >= 0.3 is 0 Å². The van der Waals surface area contributed by atoms with Crippen LogP contribution in [0.3, 0.4) is 0 Å². The van der Waals surface area contributed by atoms with Crippen LogP contribution in [0.2, 0.25) is 0 Å². The Balaban J connectivity index is 2.81. The molecule has 74 valence electrons. The predicted molar refractivity (Wildman–Crippen MR) is 64.3 cm³/mol. The van der Waals surface area contributed by atoms with E-state index in [9.17, 15) is 5.11 Å².